The molecule has 5 nitrogen and oxygen atoms in total. The quantitative estimate of drug-likeness (QED) is 0.456. The Balaban J connectivity index is 2.54. The Morgan fingerprint density at radius 2 is 2.19 bits per heavy atom. The lowest BCUT2D eigenvalue weighted by Crippen LogP contribution is -1.92. The van der Waals surface area contributed by atoms with Crippen molar-refractivity contribution >= 4 is 17.3 Å². The van der Waals surface area contributed by atoms with Gasteiger partial charge >= 0.3 is 0 Å². The van der Waals surface area contributed by atoms with Crippen molar-refractivity contribution in [2.45, 2.75) is 0 Å². The molecule has 0 atom stereocenters. The van der Waals surface area contributed by atoms with Gasteiger partial charge in [0.25, 0.3) is 5.69 Å². The van der Waals surface area contributed by atoms with Crippen LogP contribution in [-0.2, 0) is 0 Å². The van der Waals surface area contributed by atoms with Crippen LogP contribution in [0.4, 0.5) is 5.69 Å². The summed E-state index contributed by atoms with van der Waals surface area (Å²) in [6.45, 7) is 0. The van der Waals surface area contributed by atoms with Crippen LogP contribution in [0, 0.1) is 10.1 Å². The summed E-state index contributed by atoms with van der Waals surface area (Å²) in [4.78, 5) is 18.1. The lowest BCUT2D eigenvalue weighted by Gasteiger charge is -2.00. The van der Waals surface area contributed by atoms with Gasteiger partial charge in [-0.25, -0.2) is 4.98 Å². The maximum atomic E-state index is 10.6. The Kier molecular flexibility index (Phi) is 2.78. The zero-order chi connectivity index (χ0) is 11.5. The highest BCUT2D eigenvalue weighted by molar-refractivity contribution is 6.29. The van der Waals surface area contributed by atoms with Gasteiger partial charge in [-0.15, -0.1) is 0 Å². The summed E-state index contributed by atoms with van der Waals surface area (Å²) in [6, 6.07) is 6.06. The summed E-state index contributed by atoms with van der Waals surface area (Å²) >= 11 is 5.71. The first-order valence-electron chi connectivity index (χ1n) is 4.39. The average molecular weight is 236 g/mol. The Hall–Kier alpha value is -2.01. The molecule has 2 aromatic rings. The first-order chi connectivity index (χ1) is 7.66. The second-order valence-electron chi connectivity index (χ2n) is 3.03. The summed E-state index contributed by atoms with van der Waals surface area (Å²) in [7, 11) is 0. The molecule has 0 saturated carbocycles. The maximum absolute atomic E-state index is 10.6. The standard InChI is InChI=1S/C10H6ClN3O2/c11-10-5-8(14(15)16)4-9(13-10)7-2-1-3-12-6-7/h1-6H. The summed E-state index contributed by atoms with van der Waals surface area (Å²) in [5.41, 5.74) is 1.04. The number of pyridine rings is 2. The topological polar surface area (TPSA) is 68.9 Å². The first kappa shape index (κ1) is 10.5. The van der Waals surface area contributed by atoms with Crippen LogP contribution in [0.3, 0.4) is 0 Å². The minimum atomic E-state index is -0.507. The van der Waals surface area contributed by atoms with E-state index in [4.69, 9.17) is 11.6 Å². The molecule has 0 aliphatic heterocycles. The minimum Gasteiger partial charge on any atom is -0.264 e. The second-order valence-corrected chi connectivity index (χ2v) is 3.42. The maximum Gasteiger partial charge on any atom is 0.274 e. The van der Waals surface area contributed by atoms with Gasteiger partial charge in [0.2, 0.25) is 0 Å². The third-order valence-corrected chi connectivity index (χ3v) is 2.14. The molecule has 0 bridgehead atoms. The van der Waals surface area contributed by atoms with Crippen LogP contribution in [0.25, 0.3) is 11.3 Å². The fourth-order valence-electron chi connectivity index (χ4n) is 1.25. The normalized spacial score (nSPS) is 10.1. The third kappa shape index (κ3) is 2.14. The van der Waals surface area contributed by atoms with Gasteiger partial charge in [0.1, 0.15) is 5.15 Å². The molecule has 0 aromatic carbocycles. The van der Waals surface area contributed by atoms with Crippen molar-refractivity contribution in [3.8, 4) is 11.3 Å². The van der Waals surface area contributed by atoms with Crippen LogP contribution in [0.1, 0.15) is 0 Å². The molecule has 0 aliphatic rings. The van der Waals surface area contributed by atoms with E-state index in [-0.39, 0.29) is 10.8 Å². The fourth-order valence-corrected chi connectivity index (χ4v) is 1.45. The summed E-state index contributed by atoms with van der Waals surface area (Å²) in [5.74, 6) is 0. The van der Waals surface area contributed by atoms with Crippen molar-refractivity contribution in [3.05, 3.63) is 51.9 Å². The monoisotopic (exact) mass is 235 g/mol. The number of rotatable bonds is 2. The molecule has 0 aliphatic carbocycles. The molecule has 0 radical (unpaired) electrons. The molecular weight excluding hydrogens is 230 g/mol. The molecule has 2 heterocycles. The summed E-state index contributed by atoms with van der Waals surface area (Å²) in [5, 5.41) is 10.7. The molecule has 0 amide bonds. The van der Waals surface area contributed by atoms with Gasteiger partial charge in [-0.3, -0.25) is 15.1 Å². The third-order valence-electron chi connectivity index (χ3n) is 1.95. The van der Waals surface area contributed by atoms with Gasteiger partial charge in [-0.1, -0.05) is 11.6 Å². The molecule has 80 valence electrons. The number of aromatic nitrogens is 2. The van der Waals surface area contributed by atoms with E-state index < -0.39 is 4.92 Å². The number of hydrogen-bond acceptors (Lipinski definition) is 4. The van der Waals surface area contributed by atoms with Crippen molar-refractivity contribution in [2.24, 2.45) is 0 Å². The van der Waals surface area contributed by atoms with E-state index in [9.17, 15) is 10.1 Å². The van der Waals surface area contributed by atoms with Gasteiger partial charge in [0, 0.05) is 24.0 Å². The van der Waals surface area contributed by atoms with E-state index in [1.807, 2.05) is 0 Å². The summed E-state index contributed by atoms with van der Waals surface area (Å²) in [6.07, 6.45) is 3.19. The van der Waals surface area contributed by atoms with Gasteiger partial charge in [0.05, 0.1) is 16.7 Å². The molecule has 0 N–H and O–H groups in total. The van der Waals surface area contributed by atoms with Crippen molar-refractivity contribution in [1.82, 2.24) is 9.97 Å². The Morgan fingerprint density at radius 1 is 1.38 bits per heavy atom. The predicted octanol–water partition coefficient (Wildman–Crippen LogP) is 2.71. The average Bonchev–Trinajstić information content (AvgIpc) is 2.29. The van der Waals surface area contributed by atoms with E-state index in [0.29, 0.717) is 11.3 Å². The van der Waals surface area contributed by atoms with Gasteiger partial charge < -0.3 is 0 Å². The molecule has 0 spiro atoms. The Morgan fingerprint density at radius 3 is 2.81 bits per heavy atom. The number of nitro groups is 1. The number of hydrogen-bond donors (Lipinski definition) is 0. The first-order valence-corrected chi connectivity index (χ1v) is 4.77. The lowest BCUT2D eigenvalue weighted by molar-refractivity contribution is -0.384. The van der Waals surface area contributed by atoms with E-state index in [0.717, 1.165) is 0 Å². The van der Waals surface area contributed by atoms with Crippen LogP contribution in [0.5, 0.6) is 0 Å². The zero-order valence-corrected chi connectivity index (χ0v) is 8.76. The van der Waals surface area contributed by atoms with E-state index in [1.54, 1.807) is 24.5 Å². The number of nitrogens with zero attached hydrogens (tertiary/aromatic N) is 3. The molecule has 0 unspecified atom stereocenters. The van der Waals surface area contributed by atoms with Crippen LogP contribution in [0.2, 0.25) is 5.15 Å². The highest BCUT2D eigenvalue weighted by Gasteiger charge is 2.11. The molecular formula is C10H6ClN3O2. The predicted molar refractivity (Wildman–Crippen MR) is 59.1 cm³/mol. The number of halogens is 1. The van der Waals surface area contributed by atoms with Crippen LogP contribution in [0.15, 0.2) is 36.7 Å². The van der Waals surface area contributed by atoms with Gasteiger partial charge in [0.15, 0.2) is 0 Å². The Labute approximate surface area is 95.9 Å². The van der Waals surface area contributed by atoms with E-state index >= 15 is 0 Å². The van der Waals surface area contributed by atoms with Crippen LogP contribution < -0.4 is 0 Å². The van der Waals surface area contributed by atoms with Crippen LogP contribution >= 0.6 is 11.6 Å². The SMILES string of the molecule is O=[N+]([O-])c1cc(Cl)nc(-c2cccnc2)c1. The lowest BCUT2D eigenvalue weighted by atomic mass is 10.2. The fraction of sp³-hybridized carbons (Fsp3) is 0. The summed E-state index contributed by atoms with van der Waals surface area (Å²) < 4.78 is 0. The molecule has 0 fully saturated rings. The van der Waals surface area contributed by atoms with Crippen molar-refractivity contribution in [1.29, 1.82) is 0 Å². The molecule has 2 rings (SSSR count). The highest BCUT2D eigenvalue weighted by atomic mass is 35.5. The zero-order valence-electron chi connectivity index (χ0n) is 8.00. The second kappa shape index (κ2) is 4.24. The molecule has 0 saturated heterocycles. The van der Waals surface area contributed by atoms with Crippen molar-refractivity contribution in [2.75, 3.05) is 0 Å². The van der Waals surface area contributed by atoms with Crippen molar-refractivity contribution in [3.63, 3.8) is 0 Å². The minimum absolute atomic E-state index is 0.0844. The van der Waals surface area contributed by atoms with Crippen molar-refractivity contribution < 1.29 is 4.92 Å². The molecule has 6 heteroatoms. The van der Waals surface area contributed by atoms with Crippen LogP contribution in [-0.4, -0.2) is 14.9 Å². The van der Waals surface area contributed by atoms with E-state index in [2.05, 4.69) is 9.97 Å². The van der Waals surface area contributed by atoms with Gasteiger partial charge in [-0.05, 0) is 12.1 Å². The van der Waals surface area contributed by atoms with E-state index in [1.165, 1.54) is 12.1 Å². The Bertz CT molecular complexity index is 531. The smallest absolute Gasteiger partial charge is 0.264 e. The van der Waals surface area contributed by atoms with Gasteiger partial charge in [-0.2, -0.15) is 0 Å². The largest absolute Gasteiger partial charge is 0.274 e. The molecule has 2 aromatic heterocycles. The highest BCUT2D eigenvalue weighted by Crippen LogP contribution is 2.24. The molecule has 16 heavy (non-hydrogen) atoms.